The number of benzene rings is 3. The smallest absolute Gasteiger partial charge is 0.264 e. The number of para-hydroxylation sites is 1. The van der Waals surface area contributed by atoms with Crippen LogP contribution < -0.4 is 10.1 Å². The second-order valence-electron chi connectivity index (χ2n) is 7.95. The van der Waals surface area contributed by atoms with Crippen LogP contribution in [0.3, 0.4) is 0 Å². The number of fused-ring (bicyclic) bond motifs is 1. The second-order valence-corrected chi connectivity index (χ2v) is 9.88. The van der Waals surface area contributed by atoms with Crippen LogP contribution in [-0.4, -0.2) is 51.6 Å². The number of H-pyrrole nitrogens is 1. The van der Waals surface area contributed by atoms with E-state index in [0.717, 1.165) is 32.2 Å². The lowest BCUT2D eigenvalue weighted by Crippen LogP contribution is -2.29. The predicted molar refractivity (Wildman–Crippen MR) is 134 cm³/mol. The third-order valence-electron chi connectivity index (χ3n) is 5.99. The molecule has 35 heavy (non-hydrogen) atoms. The molecule has 182 valence electrons. The molecule has 0 radical (unpaired) electrons. The summed E-state index contributed by atoms with van der Waals surface area (Å²) in [4.78, 5) is 21.1. The van der Waals surface area contributed by atoms with Crippen molar-refractivity contribution in [1.82, 2.24) is 14.8 Å². The highest BCUT2D eigenvalue weighted by Crippen LogP contribution is 2.31. The van der Waals surface area contributed by atoms with Gasteiger partial charge in [-0.05, 0) is 53.6 Å². The van der Waals surface area contributed by atoms with E-state index < -0.39 is 10.0 Å². The molecule has 9 heteroatoms. The van der Waals surface area contributed by atoms with Crippen molar-refractivity contribution in [3.05, 3.63) is 95.7 Å². The molecule has 1 atom stereocenters. The number of rotatable bonds is 9. The molecule has 0 fully saturated rings. The van der Waals surface area contributed by atoms with Crippen LogP contribution in [0.1, 0.15) is 27.4 Å². The molecule has 4 aromatic rings. The van der Waals surface area contributed by atoms with Gasteiger partial charge in [0.25, 0.3) is 15.9 Å². The average Bonchev–Trinajstić information content (AvgIpc) is 3.32. The normalized spacial score (nSPS) is 12.6. The van der Waals surface area contributed by atoms with Gasteiger partial charge in [0.15, 0.2) is 0 Å². The van der Waals surface area contributed by atoms with E-state index in [1.54, 1.807) is 7.11 Å². The maximum Gasteiger partial charge on any atom is 0.264 e. The molecule has 0 bridgehead atoms. The Morgan fingerprint density at radius 3 is 2.34 bits per heavy atom. The molecule has 1 amide bonds. The largest absolute Gasteiger partial charge is 0.497 e. The molecular weight excluding hydrogens is 466 g/mol. The highest BCUT2D eigenvalue weighted by Gasteiger charge is 2.22. The molecular formula is C26H27N3O5S. The molecule has 3 aromatic carbocycles. The summed E-state index contributed by atoms with van der Waals surface area (Å²) in [5, 5.41) is 4.09. The zero-order chi connectivity index (χ0) is 25.0. The van der Waals surface area contributed by atoms with Crippen LogP contribution in [0.2, 0.25) is 0 Å². The van der Waals surface area contributed by atoms with Gasteiger partial charge in [-0.2, -0.15) is 0 Å². The van der Waals surface area contributed by atoms with Gasteiger partial charge in [-0.3, -0.25) is 9.63 Å². The molecule has 0 saturated heterocycles. The second kappa shape index (κ2) is 10.3. The van der Waals surface area contributed by atoms with Crippen molar-refractivity contribution < 1.29 is 22.8 Å². The van der Waals surface area contributed by atoms with E-state index in [4.69, 9.17) is 9.57 Å². The van der Waals surface area contributed by atoms with Crippen molar-refractivity contribution in [3.63, 3.8) is 0 Å². The van der Waals surface area contributed by atoms with E-state index >= 15 is 0 Å². The van der Waals surface area contributed by atoms with Crippen LogP contribution in [0, 0.1) is 0 Å². The van der Waals surface area contributed by atoms with E-state index in [1.807, 2.05) is 48.7 Å². The number of methoxy groups -OCH3 is 1. The third kappa shape index (κ3) is 5.07. The number of nitrogens with zero attached hydrogens (tertiary/aromatic N) is 1. The van der Waals surface area contributed by atoms with Crippen molar-refractivity contribution in [1.29, 1.82) is 0 Å². The highest BCUT2D eigenvalue weighted by molar-refractivity contribution is 7.89. The standard InChI is InChI=1S/C26H27N3O5S/c1-29(34-3)35(31,32)21-14-10-19(11-15-21)26(30)28-16-23(18-8-12-20(33-2)13-9-18)24-17-27-25-7-5-4-6-22(24)25/h4-15,17,23,27H,16H2,1-3H3,(H,28,30). The number of sulfonamides is 1. The Kier molecular flexibility index (Phi) is 7.20. The number of ether oxygens (including phenoxy) is 1. The number of carbonyl (C=O) groups excluding carboxylic acids is 1. The monoisotopic (exact) mass is 493 g/mol. The fourth-order valence-electron chi connectivity index (χ4n) is 3.95. The average molecular weight is 494 g/mol. The van der Waals surface area contributed by atoms with Crippen molar-refractivity contribution in [2.24, 2.45) is 0 Å². The Morgan fingerprint density at radius 2 is 1.69 bits per heavy atom. The molecule has 1 heterocycles. The first kappa shape index (κ1) is 24.5. The van der Waals surface area contributed by atoms with Crippen LogP contribution in [0.15, 0.2) is 83.9 Å². The molecule has 0 spiro atoms. The lowest BCUT2D eigenvalue weighted by molar-refractivity contribution is -0.0258. The van der Waals surface area contributed by atoms with Crippen LogP contribution in [0.5, 0.6) is 5.75 Å². The van der Waals surface area contributed by atoms with Crippen LogP contribution in [-0.2, 0) is 14.9 Å². The summed E-state index contributed by atoms with van der Waals surface area (Å²) < 4.78 is 30.8. The molecule has 4 rings (SSSR count). The first-order valence-electron chi connectivity index (χ1n) is 11.0. The summed E-state index contributed by atoms with van der Waals surface area (Å²) >= 11 is 0. The van der Waals surface area contributed by atoms with Crippen molar-refractivity contribution in [3.8, 4) is 5.75 Å². The number of carbonyl (C=O) groups is 1. The van der Waals surface area contributed by atoms with Gasteiger partial charge in [-0.25, -0.2) is 8.42 Å². The summed E-state index contributed by atoms with van der Waals surface area (Å²) in [6.07, 6.45) is 1.97. The van der Waals surface area contributed by atoms with Gasteiger partial charge in [0, 0.05) is 42.2 Å². The lowest BCUT2D eigenvalue weighted by Gasteiger charge is -2.19. The number of amides is 1. The summed E-state index contributed by atoms with van der Waals surface area (Å²) in [6, 6.07) is 21.5. The fraction of sp³-hybridized carbons (Fsp3) is 0.192. The van der Waals surface area contributed by atoms with E-state index in [0.29, 0.717) is 12.1 Å². The summed E-state index contributed by atoms with van der Waals surface area (Å²) in [5.74, 6) is 0.341. The van der Waals surface area contributed by atoms with Crippen molar-refractivity contribution in [2.45, 2.75) is 10.8 Å². The van der Waals surface area contributed by atoms with Gasteiger partial charge >= 0.3 is 0 Å². The Labute approximate surface area is 204 Å². The first-order valence-corrected chi connectivity index (χ1v) is 12.4. The number of aromatic amines is 1. The van der Waals surface area contributed by atoms with Gasteiger partial charge in [-0.15, -0.1) is 0 Å². The van der Waals surface area contributed by atoms with Crippen LogP contribution in [0.4, 0.5) is 0 Å². The zero-order valence-corrected chi connectivity index (χ0v) is 20.5. The Bertz CT molecular complexity index is 1410. The predicted octanol–water partition coefficient (Wildman–Crippen LogP) is 3.92. The number of nitrogens with one attached hydrogen (secondary N) is 2. The summed E-state index contributed by atoms with van der Waals surface area (Å²) in [5.41, 5.74) is 3.47. The maximum atomic E-state index is 12.9. The summed E-state index contributed by atoms with van der Waals surface area (Å²) in [7, 11) is 0.413. The molecule has 0 aliphatic rings. The Balaban J connectivity index is 1.57. The van der Waals surface area contributed by atoms with Gasteiger partial charge in [0.2, 0.25) is 0 Å². The van der Waals surface area contributed by atoms with E-state index in [9.17, 15) is 13.2 Å². The number of hydrogen-bond acceptors (Lipinski definition) is 5. The SMILES string of the molecule is COc1ccc(C(CNC(=O)c2ccc(S(=O)(=O)N(C)OC)cc2)c2c[nH]c3ccccc23)cc1. The highest BCUT2D eigenvalue weighted by atomic mass is 32.2. The molecule has 0 saturated carbocycles. The Morgan fingerprint density at radius 1 is 1.00 bits per heavy atom. The third-order valence-corrected chi connectivity index (χ3v) is 7.69. The lowest BCUT2D eigenvalue weighted by atomic mass is 9.90. The zero-order valence-electron chi connectivity index (χ0n) is 19.7. The Hall–Kier alpha value is -3.66. The maximum absolute atomic E-state index is 12.9. The van der Waals surface area contributed by atoms with Gasteiger partial charge in [0.05, 0.1) is 19.1 Å². The van der Waals surface area contributed by atoms with Gasteiger partial charge in [-0.1, -0.05) is 34.8 Å². The van der Waals surface area contributed by atoms with E-state index in [-0.39, 0.29) is 16.7 Å². The van der Waals surface area contributed by atoms with Crippen LogP contribution >= 0.6 is 0 Å². The molecule has 1 aromatic heterocycles. The minimum Gasteiger partial charge on any atom is -0.497 e. The first-order chi connectivity index (χ1) is 16.8. The topological polar surface area (TPSA) is 101 Å². The van der Waals surface area contributed by atoms with Crippen molar-refractivity contribution in [2.75, 3.05) is 27.8 Å². The molecule has 0 aliphatic carbocycles. The number of aromatic nitrogens is 1. The van der Waals surface area contributed by atoms with Crippen LogP contribution in [0.25, 0.3) is 10.9 Å². The van der Waals surface area contributed by atoms with Gasteiger partial charge < -0.3 is 15.0 Å². The van der Waals surface area contributed by atoms with Crippen molar-refractivity contribution >= 4 is 26.8 Å². The quantitative estimate of drug-likeness (QED) is 0.344. The summed E-state index contributed by atoms with van der Waals surface area (Å²) in [6.45, 7) is 0.347. The molecule has 0 aliphatic heterocycles. The number of hydrogen-bond donors (Lipinski definition) is 2. The molecule has 8 nitrogen and oxygen atoms in total. The van der Waals surface area contributed by atoms with E-state index in [2.05, 4.69) is 16.4 Å². The molecule has 1 unspecified atom stereocenters. The minimum atomic E-state index is -3.78. The van der Waals surface area contributed by atoms with Gasteiger partial charge in [0.1, 0.15) is 5.75 Å². The fourth-order valence-corrected chi connectivity index (χ4v) is 4.92. The molecule has 2 N–H and O–H groups in total. The van der Waals surface area contributed by atoms with E-state index in [1.165, 1.54) is 38.4 Å². The minimum absolute atomic E-state index is 0.0355. The number of hydroxylamine groups is 1.